The summed E-state index contributed by atoms with van der Waals surface area (Å²) in [5, 5.41) is 7.21. The van der Waals surface area contributed by atoms with Crippen LogP contribution in [0.25, 0.3) is 0 Å². The quantitative estimate of drug-likeness (QED) is 0.923. The highest BCUT2D eigenvalue weighted by Gasteiger charge is 2.11. The van der Waals surface area contributed by atoms with Gasteiger partial charge in [0.25, 0.3) is 11.5 Å². The predicted molar refractivity (Wildman–Crippen MR) is 82.8 cm³/mol. The zero-order valence-corrected chi connectivity index (χ0v) is 12.4. The monoisotopic (exact) mass is 305 g/mol. The second kappa shape index (κ2) is 7.04. The molecule has 1 N–H and O–H groups in total. The molecule has 1 amide bonds. The van der Waals surface area contributed by atoms with Gasteiger partial charge in [0.15, 0.2) is 0 Å². The van der Waals surface area contributed by atoms with Crippen LogP contribution in [0, 0.1) is 0 Å². The van der Waals surface area contributed by atoms with E-state index >= 15 is 0 Å². The number of benzene rings is 1. The van der Waals surface area contributed by atoms with Crippen molar-refractivity contribution in [2.75, 3.05) is 5.32 Å². The number of hydrogen-bond acceptors (Lipinski definition) is 3. The normalized spacial score (nSPS) is 10.4. The molecule has 2 aromatic rings. The van der Waals surface area contributed by atoms with Gasteiger partial charge in [-0.25, -0.2) is 4.68 Å². The lowest BCUT2D eigenvalue weighted by atomic mass is 10.3. The second-order valence-corrected chi connectivity index (χ2v) is 4.97. The fraction of sp³-hybridized carbons (Fsp3) is 0.267. The van der Waals surface area contributed by atoms with Gasteiger partial charge in [0.05, 0.1) is 10.7 Å². The number of amides is 1. The number of aromatic nitrogens is 2. The highest BCUT2D eigenvalue weighted by Crippen LogP contribution is 2.20. The van der Waals surface area contributed by atoms with E-state index in [1.54, 1.807) is 24.3 Å². The van der Waals surface area contributed by atoms with Crippen molar-refractivity contribution in [3.05, 3.63) is 57.5 Å². The van der Waals surface area contributed by atoms with Crippen molar-refractivity contribution >= 4 is 23.2 Å². The van der Waals surface area contributed by atoms with Crippen molar-refractivity contribution < 1.29 is 4.79 Å². The van der Waals surface area contributed by atoms with E-state index in [4.69, 9.17) is 11.6 Å². The van der Waals surface area contributed by atoms with Crippen LogP contribution < -0.4 is 10.9 Å². The third-order valence-electron chi connectivity index (χ3n) is 2.94. The first-order valence-corrected chi connectivity index (χ1v) is 7.13. The summed E-state index contributed by atoms with van der Waals surface area (Å²) in [6.45, 7) is 2.53. The summed E-state index contributed by atoms with van der Waals surface area (Å²) in [5.74, 6) is -0.395. The summed E-state index contributed by atoms with van der Waals surface area (Å²) < 4.78 is 1.31. The van der Waals surface area contributed by atoms with Crippen molar-refractivity contribution in [2.24, 2.45) is 0 Å². The minimum atomic E-state index is -0.395. The number of anilines is 1. The Bertz CT molecular complexity index is 697. The molecular formula is C15H16ClN3O2. The average molecular weight is 306 g/mol. The molecule has 1 aromatic carbocycles. The van der Waals surface area contributed by atoms with Crippen LogP contribution in [-0.2, 0) is 6.54 Å². The van der Waals surface area contributed by atoms with Crippen LogP contribution >= 0.6 is 11.6 Å². The molecule has 5 nitrogen and oxygen atoms in total. The van der Waals surface area contributed by atoms with Crippen LogP contribution in [0.2, 0.25) is 5.02 Å². The third kappa shape index (κ3) is 3.92. The number of nitrogens with zero attached hydrogens (tertiary/aromatic N) is 2. The van der Waals surface area contributed by atoms with Crippen molar-refractivity contribution in [2.45, 2.75) is 26.3 Å². The summed E-state index contributed by atoms with van der Waals surface area (Å²) in [5.41, 5.74) is 0.487. The average Bonchev–Trinajstić information content (AvgIpc) is 2.48. The summed E-state index contributed by atoms with van der Waals surface area (Å²) in [6, 6.07) is 9.71. The largest absolute Gasteiger partial charge is 0.319 e. The molecule has 0 saturated carbocycles. The molecule has 1 aromatic heterocycles. The molecule has 0 aliphatic heterocycles. The van der Waals surface area contributed by atoms with Crippen LogP contribution in [-0.4, -0.2) is 15.7 Å². The maximum absolute atomic E-state index is 12.2. The molecule has 0 spiro atoms. The number of carbonyl (C=O) groups is 1. The molecule has 0 atom stereocenters. The van der Waals surface area contributed by atoms with E-state index in [0.717, 1.165) is 12.8 Å². The van der Waals surface area contributed by atoms with E-state index < -0.39 is 5.91 Å². The number of para-hydroxylation sites is 1. The lowest BCUT2D eigenvalue weighted by Crippen LogP contribution is -2.26. The molecular weight excluding hydrogens is 290 g/mol. The Kier molecular flexibility index (Phi) is 5.11. The second-order valence-electron chi connectivity index (χ2n) is 4.57. The van der Waals surface area contributed by atoms with E-state index in [0.29, 0.717) is 17.3 Å². The Morgan fingerprint density at radius 3 is 2.76 bits per heavy atom. The van der Waals surface area contributed by atoms with Gasteiger partial charge in [-0.15, -0.1) is 0 Å². The van der Waals surface area contributed by atoms with Gasteiger partial charge in [-0.3, -0.25) is 9.59 Å². The number of unbranched alkanes of at least 4 members (excludes halogenated alkanes) is 1. The summed E-state index contributed by atoms with van der Waals surface area (Å²) in [6.07, 6.45) is 1.78. The predicted octanol–water partition coefficient (Wildman–Crippen LogP) is 2.95. The van der Waals surface area contributed by atoms with E-state index in [9.17, 15) is 9.59 Å². The Morgan fingerprint density at radius 2 is 2.05 bits per heavy atom. The number of rotatable bonds is 5. The molecule has 0 radical (unpaired) electrons. The van der Waals surface area contributed by atoms with Crippen LogP contribution in [0.3, 0.4) is 0 Å². The Balaban J connectivity index is 2.19. The van der Waals surface area contributed by atoms with Gasteiger partial charge in [0.1, 0.15) is 5.69 Å². The lowest BCUT2D eigenvalue weighted by Gasteiger charge is -2.08. The lowest BCUT2D eigenvalue weighted by molar-refractivity contribution is 0.101. The first-order chi connectivity index (χ1) is 10.1. The number of carbonyl (C=O) groups excluding carboxylic acids is 1. The first kappa shape index (κ1) is 15.3. The summed E-state index contributed by atoms with van der Waals surface area (Å²) in [7, 11) is 0. The van der Waals surface area contributed by atoms with Gasteiger partial charge in [0, 0.05) is 12.6 Å². The van der Waals surface area contributed by atoms with Gasteiger partial charge in [-0.1, -0.05) is 37.1 Å². The van der Waals surface area contributed by atoms with Crippen molar-refractivity contribution in [1.29, 1.82) is 0 Å². The molecule has 21 heavy (non-hydrogen) atoms. The molecule has 0 aliphatic rings. The van der Waals surface area contributed by atoms with E-state index in [1.807, 2.05) is 6.92 Å². The smallest absolute Gasteiger partial charge is 0.276 e. The van der Waals surface area contributed by atoms with Crippen molar-refractivity contribution in [3.8, 4) is 0 Å². The van der Waals surface area contributed by atoms with Crippen molar-refractivity contribution in [1.82, 2.24) is 9.78 Å². The van der Waals surface area contributed by atoms with Gasteiger partial charge < -0.3 is 5.32 Å². The molecule has 110 valence electrons. The fourth-order valence-corrected chi connectivity index (χ4v) is 1.97. The number of aryl methyl sites for hydroxylation is 1. The maximum Gasteiger partial charge on any atom is 0.276 e. The fourth-order valence-electron chi connectivity index (χ4n) is 1.79. The van der Waals surface area contributed by atoms with Gasteiger partial charge in [-0.2, -0.15) is 5.10 Å². The standard InChI is InChI=1S/C15H16ClN3O2/c1-2-3-10-19-14(20)9-8-13(18-19)15(21)17-12-7-5-4-6-11(12)16/h4-9H,2-3,10H2,1H3,(H,17,21). The highest BCUT2D eigenvalue weighted by molar-refractivity contribution is 6.33. The number of nitrogens with one attached hydrogen (secondary N) is 1. The summed E-state index contributed by atoms with van der Waals surface area (Å²) >= 11 is 5.99. The zero-order valence-electron chi connectivity index (χ0n) is 11.7. The summed E-state index contributed by atoms with van der Waals surface area (Å²) in [4.78, 5) is 23.8. The molecule has 6 heteroatoms. The molecule has 0 bridgehead atoms. The van der Waals surface area contributed by atoms with Crippen LogP contribution in [0.15, 0.2) is 41.2 Å². The SMILES string of the molecule is CCCCn1nc(C(=O)Nc2ccccc2Cl)ccc1=O. The Morgan fingerprint density at radius 1 is 1.29 bits per heavy atom. The van der Waals surface area contributed by atoms with Gasteiger partial charge in [0.2, 0.25) is 0 Å². The minimum absolute atomic E-state index is 0.186. The van der Waals surface area contributed by atoms with Crippen LogP contribution in [0.5, 0.6) is 0 Å². The third-order valence-corrected chi connectivity index (χ3v) is 3.27. The maximum atomic E-state index is 12.2. The molecule has 0 unspecified atom stereocenters. The van der Waals surface area contributed by atoms with Gasteiger partial charge >= 0.3 is 0 Å². The molecule has 0 aliphatic carbocycles. The highest BCUT2D eigenvalue weighted by atomic mass is 35.5. The van der Waals surface area contributed by atoms with E-state index in [-0.39, 0.29) is 11.3 Å². The van der Waals surface area contributed by atoms with Crippen LogP contribution in [0.4, 0.5) is 5.69 Å². The molecule has 0 fully saturated rings. The minimum Gasteiger partial charge on any atom is -0.319 e. The van der Waals surface area contributed by atoms with Gasteiger partial charge in [-0.05, 0) is 24.6 Å². The van der Waals surface area contributed by atoms with E-state index in [1.165, 1.54) is 16.8 Å². The van der Waals surface area contributed by atoms with Crippen LogP contribution in [0.1, 0.15) is 30.3 Å². The Hall–Kier alpha value is -2.14. The molecule has 1 heterocycles. The topological polar surface area (TPSA) is 64.0 Å². The molecule has 0 saturated heterocycles. The number of hydrogen-bond donors (Lipinski definition) is 1. The Labute approximate surface area is 127 Å². The zero-order chi connectivity index (χ0) is 15.2. The van der Waals surface area contributed by atoms with E-state index in [2.05, 4.69) is 10.4 Å². The van der Waals surface area contributed by atoms with Crippen molar-refractivity contribution in [3.63, 3.8) is 0 Å². The first-order valence-electron chi connectivity index (χ1n) is 6.76. The molecule has 2 rings (SSSR count). The number of halogens is 1.